The molecule has 2 rings (SSSR count). The van der Waals surface area contributed by atoms with Gasteiger partial charge in [0, 0.05) is 5.02 Å². The van der Waals surface area contributed by atoms with Crippen LogP contribution in [0, 0.1) is 6.92 Å². The molecule has 0 atom stereocenters. The Balaban J connectivity index is 1.83. The Kier molecular flexibility index (Phi) is 6.02. The van der Waals surface area contributed by atoms with E-state index in [-0.39, 0.29) is 13.0 Å². The van der Waals surface area contributed by atoms with E-state index in [9.17, 15) is 9.59 Å². The maximum Gasteiger partial charge on any atom is 0.310 e. The van der Waals surface area contributed by atoms with Gasteiger partial charge in [-0.3, -0.25) is 9.59 Å². The van der Waals surface area contributed by atoms with Gasteiger partial charge in [-0.05, 0) is 30.7 Å². The van der Waals surface area contributed by atoms with Crippen molar-refractivity contribution >= 4 is 40.8 Å². The molecule has 1 amide bonds. The van der Waals surface area contributed by atoms with Gasteiger partial charge in [-0.1, -0.05) is 53.0 Å². The summed E-state index contributed by atoms with van der Waals surface area (Å²) in [5.74, 6) is -0.951. The van der Waals surface area contributed by atoms with Gasteiger partial charge in [0.25, 0.3) is 5.91 Å². The number of aryl methyl sites for hydroxylation is 1. The molecule has 6 heteroatoms. The van der Waals surface area contributed by atoms with Crippen LogP contribution in [0.2, 0.25) is 10.0 Å². The fourth-order valence-corrected chi connectivity index (χ4v) is 2.19. The first-order chi connectivity index (χ1) is 10.9. The Morgan fingerprint density at radius 1 is 1.09 bits per heavy atom. The minimum Gasteiger partial charge on any atom is -0.455 e. The molecule has 0 aromatic heterocycles. The van der Waals surface area contributed by atoms with E-state index in [4.69, 9.17) is 27.9 Å². The normalized spacial score (nSPS) is 10.2. The summed E-state index contributed by atoms with van der Waals surface area (Å²) >= 11 is 11.8. The van der Waals surface area contributed by atoms with Gasteiger partial charge in [0.15, 0.2) is 6.61 Å². The first-order valence-electron chi connectivity index (χ1n) is 6.90. The van der Waals surface area contributed by atoms with Crippen LogP contribution in [0.4, 0.5) is 5.69 Å². The summed E-state index contributed by atoms with van der Waals surface area (Å²) < 4.78 is 4.95. The SMILES string of the molecule is Cc1ccc(CC(=O)OCC(=O)Nc2cc(Cl)ccc2Cl)cc1. The number of rotatable bonds is 5. The summed E-state index contributed by atoms with van der Waals surface area (Å²) in [5.41, 5.74) is 2.32. The first-order valence-corrected chi connectivity index (χ1v) is 7.66. The third-order valence-electron chi connectivity index (χ3n) is 3.04. The van der Waals surface area contributed by atoms with Crippen LogP contribution < -0.4 is 5.32 Å². The number of benzene rings is 2. The van der Waals surface area contributed by atoms with Crippen LogP contribution in [0.3, 0.4) is 0 Å². The van der Waals surface area contributed by atoms with Crippen molar-refractivity contribution in [3.63, 3.8) is 0 Å². The highest BCUT2D eigenvalue weighted by atomic mass is 35.5. The van der Waals surface area contributed by atoms with Crippen LogP contribution in [0.1, 0.15) is 11.1 Å². The molecule has 0 unspecified atom stereocenters. The maximum absolute atomic E-state index is 11.8. The number of nitrogens with one attached hydrogen (secondary N) is 1. The summed E-state index contributed by atoms with van der Waals surface area (Å²) in [5, 5.41) is 3.35. The molecule has 0 radical (unpaired) electrons. The zero-order valence-electron chi connectivity index (χ0n) is 12.4. The predicted octanol–water partition coefficient (Wildman–Crippen LogP) is 4.03. The Morgan fingerprint density at radius 2 is 1.78 bits per heavy atom. The van der Waals surface area contributed by atoms with Crippen molar-refractivity contribution in [1.82, 2.24) is 0 Å². The third kappa shape index (κ3) is 5.58. The number of esters is 1. The minimum atomic E-state index is -0.480. The van der Waals surface area contributed by atoms with Gasteiger partial charge < -0.3 is 10.1 Å². The molecule has 0 saturated carbocycles. The van der Waals surface area contributed by atoms with Crippen LogP contribution in [-0.2, 0) is 20.7 Å². The van der Waals surface area contributed by atoms with E-state index in [1.54, 1.807) is 12.1 Å². The van der Waals surface area contributed by atoms with Crippen LogP contribution in [-0.4, -0.2) is 18.5 Å². The molecule has 0 spiro atoms. The average molecular weight is 352 g/mol. The summed E-state index contributed by atoms with van der Waals surface area (Å²) in [6.45, 7) is 1.58. The van der Waals surface area contributed by atoms with Gasteiger partial charge in [-0.15, -0.1) is 0 Å². The number of carbonyl (C=O) groups excluding carboxylic acids is 2. The Bertz CT molecular complexity index is 714. The molecule has 0 aliphatic rings. The highest BCUT2D eigenvalue weighted by Gasteiger charge is 2.10. The number of amides is 1. The minimum absolute atomic E-state index is 0.117. The average Bonchev–Trinajstić information content (AvgIpc) is 2.51. The number of ether oxygens (including phenoxy) is 1. The molecule has 0 aliphatic heterocycles. The van der Waals surface area contributed by atoms with E-state index < -0.39 is 11.9 Å². The zero-order chi connectivity index (χ0) is 16.8. The molecule has 23 heavy (non-hydrogen) atoms. The highest BCUT2D eigenvalue weighted by molar-refractivity contribution is 6.35. The Hall–Kier alpha value is -2.04. The first kappa shape index (κ1) is 17.3. The molecule has 0 aliphatic carbocycles. The quantitative estimate of drug-likeness (QED) is 0.827. The van der Waals surface area contributed by atoms with Crippen molar-refractivity contribution < 1.29 is 14.3 Å². The summed E-state index contributed by atoms with van der Waals surface area (Å²) in [4.78, 5) is 23.5. The summed E-state index contributed by atoms with van der Waals surface area (Å²) in [7, 11) is 0. The van der Waals surface area contributed by atoms with E-state index in [0.29, 0.717) is 15.7 Å². The molecule has 0 bridgehead atoms. The van der Waals surface area contributed by atoms with E-state index in [1.807, 2.05) is 31.2 Å². The van der Waals surface area contributed by atoms with E-state index in [0.717, 1.165) is 11.1 Å². The highest BCUT2D eigenvalue weighted by Crippen LogP contribution is 2.25. The van der Waals surface area contributed by atoms with Crippen molar-refractivity contribution in [2.45, 2.75) is 13.3 Å². The molecule has 4 nitrogen and oxygen atoms in total. The topological polar surface area (TPSA) is 55.4 Å². The van der Waals surface area contributed by atoms with Gasteiger partial charge in [0.05, 0.1) is 17.1 Å². The molecule has 120 valence electrons. The van der Waals surface area contributed by atoms with Gasteiger partial charge in [-0.2, -0.15) is 0 Å². The molecule has 0 fully saturated rings. The summed E-state index contributed by atoms with van der Waals surface area (Å²) in [6, 6.07) is 12.2. The predicted molar refractivity (Wildman–Crippen MR) is 90.9 cm³/mol. The Labute approximate surface area is 144 Å². The van der Waals surface area contributed by atoms with Crippen molar-refractivity contribution in [2.75, 3.05) is 11.9 Å². The van der Waals surface area contributed by atoms with Crippen LogP contribution >= 0.6 is 23.2 Å². The number of hydrogen-bond acceptors (Lipinski definition) is 3. The lowest BCUT2D eigenvalue weighted by Gasteiger charge is -2.08. The van der Waals surface area contributed by atoms with Gasteiger partial charge in [-0.25, -0.2) is 0 Å². The lowest BCUT2D eigenvalue weighted by molar-refractivity contribution is -0.146. The van der Waals surface area contributed by atoms with Crippen LogP contribution in [0.15, 0.2) is 42.5 Å². The molecule has 0 saturated heterocycles. The van der Waals surface area contributed by atoms with Gasteiger partial charge >= 0.3 is 5.97 Å². The van der Waals surface area contributed by atoms with Crippen molar-refractivity contribution in [3.8, 4) is 0 Å². The monoisotopic (exact) mass is 351 g/mol. The lowest BCUT2D eigenvalue weighted by atomic mass is 10.1. The number of halogens is 2. The van der Waals surface area contributed by atoms with Crippen LogP contribution in [0.5, 0.6) is 0 Å². The standard InChI is InChI=1S/C17H15Cl2NO3/c1-11-2-4-12(5-3-11)8-17(22)23-10-16(21)20-15-9-13(18)6-7-14(15)19/h2-7,9H,8,10H2,1H3,(H,20,21). The second kappa shape index (κ2) is 7.99. The second-order valence-electron chi connectivity index (χ2n) is 5.00. The molecular weight excluding hydrogens is 337 g/mol. The molecular formula is C17H15Cl2NO3. The van der Waals surface area contributed by atoms with E-state index in [2.05, 4.69) is 5.32 Å². The van der Waals surface area contributed by atoms with E-state index >= 15 is 0 Å². The van der Waals surface area contributed by atoms with Crippen molar-refractivity contribution in [3.05, 3.63) is 63.6 Å². The largest absolute Gasteiger partial charge is 0.455 e. The Morgan fingerprint density at radius 3 is 2.48 bits per heavy atom. The van der Waals surface area contributed by atoms with Crippen LogP contribution in [0.25, 0.3) is 0 Å². The smallest absolute Gasteiger partial charge is 0.310 e. The van der Waals surface area contributed by atoms with Gasteiger partial charge in [0.2, 0.25) is 0 Å². The molecule has 2 aromatic carbocycles. The zero-order valence-corrected chi connectivity index (χ0v) is 13.9. The van der Waals surface area contributed by atoms with Crippen molar-refractivity contribution in [1.29, 1.82) is 0 Å². The number of hydrogen-bond donors (Lipinski definition) is 1. The fourth-order valence-electron chi connectivity index (χ4n) is 1.85. The molecule has 2 aromatic rings. The molecule has 1 N–H and O–H groups in total. The van der Waals surface area contributed by atoms with Crippen molar-refractivity contribution in [2.24, 2.45) is 0 Å². The number of anilines is 1. The summed E-state index contributed by atoms with van der Waals surface area (Å²) in [6.07, 6.45) is 0.117. The second-order valence-corrected chi connectivity index (χ2v) is 5.84. The lowest BCUT2D eigenvalue weighted by Crippen LogP contribution is -2.21. The fraction of sp³-hybridized carbons (Fsp3) is 0.176. The maximum atomic E-state index is 11.8. The molecule has 0 heterocycles. The number of carbonyl (C=O) groups is 2. The third-order valence-corrected chi connectivity index (χ3v) is 3.60. The van der Waals surface area contributed by atoms with Gasteiger partial charge in [0.1, 0.15) is 0 Å². The van der Waals surface area contributed by atoms with E-state index in [1.165, 1.54) is 6.07 Å².